The van der Waals surface area contributed by atoms with Gasteiger partial charge in [-0.25, -0.2) is 0 Å². The molecule has 2 heteroatoms. The molecule has 0 saturated carbocycles. The Kier molecular flexibility index (Phi) is 5.85. The Balaban J connectivity index is 1.85. The molecule has 4 aromatic rings. The summed E-state index contributed by atoms with van der Waals surface area (Å²) in [6.07, 6.45) is 0. The van der Waals surface area contributed by atoms with Crippen molar-refractivity contribution >= 4 is 0 Å². The Hall–Kier alpha value is -3.20. The average molecular weight is 380 g/mol. The second-order valence-electron chi connectivity index (χ2n) is 7.18. The Morgan fingerprint density at radius 1 is 0.552 bits per heavy atom. The van der Waals surface area contributed by atoms with Crippen molar-refractivity contribution in [3.8, 4) is 0 Å². The molecule has 0 aliphatic heterocycles. The van der Waals surface area contributed by atoms with Gasteiger partial charge in [-0.2, -0.15) is 0 Å². The van der Waals surface area contributed by atoms with Crippen LogP contribution in [-0.2, 0) is 18.7 Å². The molecule has 0 bridgehead atoms. The number of benzene rings is 4. The van der Waals surface area contributed by atoms with Crippen LogP contribution in [0.4, 0.5) is 0 Å². The van der Waals surface area contributed by atoms with Gasteiger partial charge in [-0.05, 0) is 27.8 Å². The van der Waals surface area contributed by atoms with Crippen LogP contribution in [-0.4, -0.2) is 5.11 Å². The predicted molar refractivity (Wildman–Crippen MR) is 118 cm³/mol. The molecular formula is C27H25NO. The minimum atomic E-state index is -0.487. The fourth-order valence-corrected chi connectivity index (χ4v) is 3.94. The van der Waals surface area contributed by atoms with E-state index in [0.29, 0.717) is 6.54 Å². The lowest BCUT2D eigenvalue weighted by Crippen LogP contribution is -2.44. The molecule has 0 spiro atoms. The predicted octanol–water partition coefficient (Wildman–Crippen LogP) is 5.26. The third kappa shape index (κ3) is 4.00. The van der Waals surface area contributed by atoms with Gasteiger partial charge < -0.3 is 5.11 Å². The summed E-state index contributed by atoms with van der Waals surface area (Å²) in [6.45, 7) is 0.724. The van der Waals surface area contributed by atoms with Crippen molar-refractivity contribution in [3.05, 3.63) is 143 Å². The van der Waals surface area contributed by atoms with E-state index in [2.05, 4.69) is 108 Å². The van der Waals surface area contributed by atoms with Gasteiger partial charge in [0.25, 0.3) is 0 Å². The lowest BCUT2D eigenvalue weighted by Gasteiger charge is -2.37. The zero-order valence-corrected chi connectivity index (χ0v) is 16.3. The highest BCUT2D eigenvalue weighted by atomic mass is 16.3. The molecule has 0 aliphatic carbocycles. The highest BCUT2D eigenvalue weighted by molar-refractivity contribution is 5.49. The van der Waals surface area contributed by atoms with E-state index in [1.54, 1.807) is 0 Å². The van der Waals surface area contributed by atoms with Crippen LogP contribution < -0.4 is 5.32 Å². The van der Waals surface area contributed by atoms with Crippen molar-refractivity contribution in [2.24, 2.45) is 0 Å². The molecule has 29 heavy (non-hydrogen) atoms. The first kappa shape index (κ1) is 19.1. The second kappa shape index (κ2) is 8.87. The normalized spacial score (nSPS) is 11.3. The summed E-state index contributed by atoms with van der Waals surface area (Å²) < 4.78 is 0. The Bertz CT molecular complexity index is 933. The van der Waals surface area contributed by atoms with E-state index in [0.717, 1.165) is 11.1 Å². The third-order valence-electron chi connectivity index (χ3n) is 5.35. The van der Waals surface area contributed by atoms with Crippen molar-refractivity contribution < 1.29 is 5.11 Å². The van der Waals surface area contributed by atoms with Gasteiger partial charge in [0.15, 0.2) is 0 Å². The molecule has 0 aromatic heterocycles. The van der Waals surface area contributed by atoms with E-state index in [1.807, 2.05) is 12.1 Å². The van der Waals surface area contributed by atoms with E-state index in [4.69, 9.17) is 0 Å². The summed E-state index contributed by atoms with van der Waals surface area (Å²) in [7, 11) is 0. The van der Waals surface area contributed by atoms with Gasteiger partial charge in [-0.15, -0.1) is 0 Å². The second-order valence-corrected chi connectivity index (χ2v) is 7.18. The van der Waals surface area contributed by atoms with Crippen LogP contribution in [0.1, 0.15) is 27.8 Å². The lowest BCUT2D eigenvalue weighted by atomic mass is 9.77. The highest BCUT2D eigenvalue weighted by Crippen LogP contribution is 2.37. The van der Waals surface area contributed by atoms with Gasteiger partial charge in [0, 0.05) is 6.54 Å². The van der Waals surface area contributed by atoms with Gasteiger partial charge in [-0.3, -0.25) is 5.32 Å². The van der Waals surface area contributed by atoms with Gasteiger partial charge in [-0.1, -0.05) is 115 Å². The Morgan fingerprint density at radius 3 is 1.45 bits per heavy atom. The molecule has 0 atom stereocenters. The highest BCUT2D eigenvalue weighted by Gasteiger charge is 2.35. The summed E-state index contributed by atoms with van der Waals surface area (Å²) in [4.78, 5) is 0. The fourth-order valence-electron chi connectivity index (χ4n) is 3.94. The van der Waals surface area contributed by atoms with Crippen LogP contribution in [0.15, 0.2) is 115 Å². The maximum atomic E-state index is 9.50. The van der Waals surface area contributed by atoms with Gasteiger partial charge in [0.1, 0.15) is 0 Å². The molecule has 0 saturated heterocycles. The van der Waals surface area contributed by atoms with Gasteiger partial charge in [0.05, 0.1) is 12.1 Å². The number of hydrogen-bond donors (Lipinski definition) is 2. The van der Waals surface area contributed by atoms with Crippen molar-refractivity contribution in [3.63, 3.8) is 0 Å². The zero-order valence-electron chi connectivity index (χ0n) is 16.3. The molecule has 4 rings (SSSR count). The summed E-state index contributed by atoms with van der Waals surface area (Å²) in [6, 6.07) is 39.8. The number of aliphatic hydroxyl groups excluding tert-OH is 1. The van der Waals surface area contributed by atoms with Crippen LogP contribution in [0.25, 0.3) is 0 Å². The van der Waals surface area contributed by atoms with Gasteiger partial charge in [0.2, 0.25) is 0 Å². The quantitative estimate of drug-likeness (QED) is 0.429. The molecule has 4 aromatic carbocycles. The van der Waals surface area contributed by atoms with Crippen LogP contribution >= 0.6 is 0 Å². The van der Waals surface area contributed by atoms with E-state index in [-0.39, 0.29) is 6.61 Å². The molecule has 0 amide bonds. The topological polar surface area (TPSA) is 32.3 Å². The van der Waals surface area contributed by atoms with E-state index in [9.17, 15) is 5.11 Å². The number of aliphatic hydroxyl groups is 1. The largest absolute Gasteiger partial charge is 0.392 e. The Morgan fingerprint density at radius 2 is 1.00 bits per heavy atom. The first-order valence-corrected chi connectivity index (χ1v) is 9.93. The number of nitrogens with one attached hydrogen (secondary N) is 1. The first-order chi connectivity index (χ1) is 14.3. The molecule has 2 nitrogen and oxygen atoms in total. The maximum absolute atomic E-state index is 9.50. The summed E-state index contributed by atoms with van der Waals surface area (Å²) in [5, 5.41) is 13.4. The molecule has 2 N–H and O–H groups in total. The average Bonchev–Trinajstić information content (AvgIpc) is 2.82. The Labute approximate surface area is 172 Å². The maximum Gasteiger partial charge on any atom is 0.0950 e. The minimum absolute atomic E-state index is 0.0506. The van der Waals surface area contributed by atoms with Crippen LogP contribution in [0.5, 0.6) is 0 Å². The first-order valence-electron chi connectivity index (χ1n) is 9.93. The summed E-state index contributed by atoms with van der Waals surface area (Å²) >= 11 is 0. The monoisotopic (exact) mass is 379 g/mol. The van der Waals surface area contributed by atoms with E-state index >= 15 is 0 Å². The third-order valence-corrected chi connectivity index (χ3v) is 5.35. The molecule has 0 aliphatic rings. The fraction of sp³-hybridized carbons (Fsp3) is 0.111. The SMILES string of the molecule is OCc1cccc(CNC(c2ccccc2)(c2ccccc2)c2ccccc2)c1. The van der Waals surface area contributed by atoms with Crippen molar-refractivity contribution in [2.75, 3.05) is 0 Å². The molecular weight excluding hydrogens is 354 g/mol. The molecule has 0 radical (unpaired) electrons. The lowest BCUT2D eigenvalue weighted by molar-refractivity contribution is 0.281. The smallest absolute Gasteiger partial charge is 0.0950 e. The van der Waals surface area contributed by atoms with Gasteiger partial charge >= 0.3 is 0 Å². The minimum Gasteiger partial charge on any atom is -0.392 e. The summed E-state index contributed by atoms with van der Waals surface area (Å²) in [5.41, 5.74) is 5.15. The summed E-state index contributed by atoms with van der Waals surface area (Å²) in [5.74, 6) is 0. The zero-order chi connectivity index (χ0) is 19.9. The number of rotatable bonds is 7. The van der Waals surface area contributed by atoms with Crippen molar-refractivity contribution in [1.82, 2.24) is 5.32 Å². The van der Waals surface area contributed by atoms with E-state index in [1.165, 1.54) is 16.7 Å². The number of hydrogen-bond acceptors (Lipinski definition) is 2. The van der Waals surface area contributed by atoms with Crippen LogP contribution in [0.3, 0.4) is 0 Å². The van der Waals surface area contributed by atoms with Crippen molar-refractivity contribution in [1.29, 1.82) is 0 Å². The standard InChI is InChI=1S/C27H25NO/c29-21-23-12-10-11-22(19-23)20-28-27(24-13-4-1-5-14-24,25-15-6-2-7-16-25)26-17-8-3-9-18-26/h1-19,28-29H,20-21H2. The van der Waals surface area contributed by atoms with Crippen LogP contribution in [0.2, 0.25) is 0 Å². The molecule has 0 unspecified atom stereocenters. The van der Waals surface area contributed by atoms with E-state index < -0.39 is 5.54 Å². The van der Waals surface area contributed by atoms with Crippen molar-refractivity contribution in [2.45, 2.75) is 18.7 Å². The van der Waals surface area contributed by atoms with Crippen LogP contribution in [0, 0.1) is 0 Å². The molecule has 0 heterocycles. The molecule has 144 valence electrons. The molecule has 0 fully saturated rings.